The summed E-state index contributed by atoms with van der Waals surface area (Å²) in [5.41, 5.74) is 8.10. The lowest BCUT2D eigenvalue weighted by molar-refractivity contribution is 1.22. The Kier molecular flexibility index (Phi) is 2.48. The summed E-state index contributed by atoms with van der Waals surface area (Å²) in [7, 11) is 0. The predicted octanol–water partition coefficient (Wildman–Crippen LogP) is 2.95. The van der Waals surface area contributed by atoms with Gasteiger partial charge in [0.15, 0.2) is 5.82 Å². The van der Waals surface area contributed by atoms with Crippen molar-refractivity contribution in [2.45, 2.75) is 13.8 Å². The maximum atomic E-state index is 6.04. The topological polar surface area (TPSA) is 64.7 Å². The van der Waals surface area contributed by atoms with Gasteiger partial charge in [-0.25, -0.2) is 9.97 Å². The highest BCUT2D eigenvalue weighted by Gasteiger charge is 2.13. The van der Waals surface area contributed by atoms with E-state index in [-0.39, 0.29) is 0 Å². The van der Waals surface area contributed by atoms with Gasteiger partial charge in [0, 0.05) is 22.8 Å². The van der Waals surface area contributed by atoms with E-state index in [4.69, 9.17) is 5.73 Å². The van der Waals surface area contributed by atoms with Gasteiger partial charge in [0.1, 0.15) is 10.6 Å². The highest BCUT2D eigenvalue weighted by atomic mass is 32.1. The van der Waals surface area contributed by atoms with Crippen molar-refractivity contribution >= 4 is 27.4 Å². The van der Waals surface area contributed by atoms with Crippen LogP contribution in [0.4, 0.5) is 5.82 Å². The van der Waals surface area contributed by atoms with Crippen molar-refractivity contribution < 1.29 is 0 Å². The van der Waals surface area contributed by atoms with Gasteiger partial charge in [-0.3, -0.25) is 4.98 Å². The number of fused-ring (bicyclic) bond motifs is 1. The fourth-order valence-electron chi connectivity index (χ4n) is 1.90. The molecule has 0 aliphatic heterocycles. The molecule has 2 N–H and O–H groups in total. The van der Waals surface area contributed by atoms with Gasteiger partial charge in [0.2, 0.25) is 0 Å². The zero-order valence-electron chi connectivity index (χ0n) is 10.1. The zero-order valence-corrected chi connectivity index (χ0v) is 11.0. The summed E-state index contributed by atoms with van der Waals surface area (Å²) in [6, 6.07) is 3.80. The van der Waals surface area contributed by atoms with Crippen LogP contribution in [0.5, 0.6) is 0 Å². The third-order valence-corrected chi connectivity index (χ3v) is 4.08. The Morgan fingerprint density at radius 3 is 2.78 bits per heavy atom. The quantitative estimate of drug-likeness (QED) is 0.727. The number of thiophene rings is 1. The van der Waals surface area contributed by atoms with E-state index < -0.39 is 0 Å². The molecule has 0 saturated carbocycles. The molecule has 4 nitrogen and oxygen atoms in total. The summed E-state index contributed by atoms with van der Waals surface area (Å²) >= 11 is 1.65. The van der Waals surface area contributed by atoms with Crippen LogP contribution in [0.15, 0.2) is 24.5 Å². The molecule has 3 heterocycles. The van der Waals surface area contributed by atoms with Crippen molar-refractivity contribution in [3.05, 3.63) is 35.0 Å². The average Bonchev–Trinajstić information content (AvgIpc) is 2.66. The molecule has 0 fully saturated rings. The number of aryl methyl sites for hydroxylation is 2. The van der Waals surface area contributed by atoms with E-state index in [9.17, 15) is 0 Å². The van der Waals surface area contributed by atoms with Gasteiger partial charge < -0.3 is 5.73 Å². The fourth-order valence-corrected chi connectivity index (χ4v) is 2.94. The lowest BCUT2D eigenvalue weighted by Gasteiger charge is -2.02. The molecule has 0 atom stereocenters. The smallest absolute Gasteiger partial charge is 0.164 e. The van der Waals surface area contributed by atoms with Crippen LogP contribution >= 0.6 is 11.3 Å². The number of pyridine rings is 1. The zero-order chi connectivity index (χ0) is 12.7. The third-order valence-electron chi connectivity index (χ3n) is 2.98. The molecular weight excluding hydrogens is 244 g/mol. The van der Waals surface area contributed by atoms with E-state index >= 15 is 0 Å². The maximum Gasteiger partial charge on any atom is 0.164 e. The molecule has 0 spiro atoms. The van der Waals surface area contributed by atoms with Crippen molar-refractivity contribution in [3.8, 4) is 11.4 Å². The van der Waals surface area contributed by atoms with Gasteiger partial charge in [-0.2, -0.15) is 0 Å². The number of hydrogen-bond acceptors (Lipinski definition) is 5. The molecule has 0 aliphatic rings. The Hall–Kier alpha value is -2.01. The van der Waals surface area contributed by atoms with E-state index in [1.54, 1.807) is 23.7 Å². The number of anilines is 1. The van der Waals surface area contributed by atoms with Gasteiger partial charge >= 0.3 is 0 Å². The minimum absolute atomic E-state index is 0.542. The number of nitrogens with two attached hydrogens (primary N) is 1. The molecule has 90 valence electrons. The predicted molar refractivity (Wildman–Crippen MR) is 74.5 cm³/mol. The molecule has 3 aromatic rings. The van der Waals surface area contributed by atoms with Crippen LogP contribution in [0.25, 0.3) is 21.6 Å². The Morgan fingerprint density at radius 1 is 1.22 bits per heavy atom. The summed E-state index contributed by atoms with van der Waals surface area (Å²) in [6.45, 7) is 4.13. The van der Waals surface area contributed by atoms with Crippen molar-refractivity contribution in [1.29, 1.82) is 0 Å². The van der Waals surface area contributed by atoms with Gasteiger partial charge in [-0.1, -0.05) is 0 Å². The van der Waals surface area contributed by atoms with Gasteiger partial charge in [-0.05, 0) is 31.5 Å². The van der Waals surface area contributed by atoms with Crippen molar-refractivity contribution in [3.63, 3.8) is 0 Å². The fraction of sp³-hybridized carbons (Fsp3) is 0.154. The normalized spacial score (nSPS) is 11.0. The molecule has 0 radical (unpaired) electrons. The molecule has 0 saturated heterocycles. The first-order valence-corrected chi connectivity index (χ1v) is 6.42. The number of nitrogen functional groups attached to an aromatic ring is 1. The van der Waals surface area contributed by atoms with E-state index in [0.29, 0.717) is 11.6 Å². The first kappa shape index (κ1) is 11.1. The van der Waals surface area contributed by atoms with E-state index in [2.05, 4.69) is 28.8 Å². The molecule has 5 heteroatoms. The van der Waals surface area contributed by atoms with Gasteiger partial charge in [0.25, 0.3) is 0 Å². The largest absolute Gasteiger partial charge is 0.383 e. The summed E-state index contributed by atoms with van der Waals surface area (Å²) in [4.78, 5) is 15.2. The second-order valence-corrected chi connectivity index (χ2v) is 5.34. The lowest BCUT2D eigenvalue weighted by atomic mass is 10.2. The number of hydrogen-bond donors (Lipinski definition) is 1. The molecule has 0 bridgehead atoms. The van der Waals surface area contributed by atoms with Crippen molar-refractivity contribution in [1.82, 2.24) is 15.0 Å². The van der Waals surface area contributed by atoms with Crippen molar-refractivity contribution in [2.24, 2.45) is 0 Å². The standard InChI is InChI=1S/C13H12N4S/c1-7-8(2)18-13-10(7)11(14)16-12(17-13)9-4-3-5-15-6-9/h3-6H,1-2H3,(H2,14,16,17). The Labute approximate surface area is 109 Å². The highest BCUT2D eigenvalue weighted by Crippen LogP contribution is 2.33. The summed E-state index contributed by atoms with van der Waals surface area (Å²) in [6.07, 6.45) is 3.47. The molecule has 0 aliphatic carbocycles. The van der Waals surface area contributed by atoms with Gasteiger partial charge in [0.05, 0.1) is 5.39 Å². The Balaban J connectivity index is 2.28. The summed E-state index contributed by atoms with van der Waals surface area (Å²) in [5.74, 6) is 1.18. The number of nitrogens with zero attached hydrogens (tertiary/aromatic N) is 3. The molecule has 3 aromatic heterocycles. The summed E-state index contributed by atoms with van der Waals surface area (Å²) < 4.78 is 0. The number of aromatic nitrogens is 3. The summed E-state index contributed by atoms with van der Waals surface area (Å²) in [5, 5.41) is 0.977. The SMILES string of the molecule is Cc1sc2nc(-c3cccnc3)nc(N)c2c1C. The molecule has 0 unspecified atom stereocenters. The van der Waals surface area contributed by atoms with Crippen LogP contribution in [0.3, 0.4) is 0 Å². The molecule has 0 aromatic carbocycles. The first-order valence-electron chi connectivity index (χ1n) is 5.60. The van der Waals surface area contributed by atoms with Crippen molar-refractivity contribution in [2.75, 3.05) is 5.73 Å². The van der Waals surface area contributed by atoms with Crippen LogP contribution in [0.2, 0.25) is 0 Å². The highest BCUT2D eigenvalue weighted by molar-refractivity contribution is 7.18. The first-order chi connectivity index (χ1) is 8.66. The minimum atomic E-state index is 0.542. The maximum absolute atomic E-state index is 6.04. The van der Waals surface area contributed by atoms with Gasteiger partial charge in [-0.15, -0.1) is 11.3 Å². The van der Waals surface area contributed by atoms with Crippen LogP contribution < -0.4 is 5.73 Å². The Morgan fingerprint density at radius 2 is 2.06 bits per heavy atom. The van der Waals surface area contributed by atoms with E-state index in [0.717, 1.165) is 15.8 Å². The van der Waals surface area contributed by atoms with Crippen LogP contribution in [0, 0.1) is 13.8 Å². The minimum Gasteiger partial charge on any atom is -0.383 e. The molecular formula is C13H12N4S. The Bertz CT molecular complexity index is 719. The lowest BCUT2D eigenvalue weighted by Crippen LogP contribution is -1.97. The van der Waals surface area contributed by atoms with Crippen LogP contribution in [0.1, 0.15) is 10.4 Å². The second kappa shape index (κ2) is 4.03. The average molecular weight is 256 g/mol. The molecule has 0 amide bonds. The molecule has 18 heavy (non-hydrogen) atoms. The molecule has 3 rings (SSSR count). The second-order valence-electron chi connectivity index (χ2n) is 4.14. The van der Waals surface area contributed by atoms with Crippen LogP contribution in [-0.4, -0.2) is 15.0 Å². The van der Waals surface area contributed by atoms with E-state index in [1.807, 2.05) is 12.1 Å². The van der Waals surface area contributed by atoms with Crippen LogP contribution in [-0.2, 0) is 0 Å². The number of rotatable bonds is 1. The van der Waals surface area contributed by atoms with E-state index in [1.165, 1.54) is 10.4 Å². The third kappa shape index (κ3) is 1.64. The monoisotopic (exact) mass is 256 g/mol.